The Bertz CT molecular complexity index is 148. The van der Waals surface area contributed by atoms with Crippen molar-refractivity contribution < 1.29 is 9.47 Å². The molecular formula is C10H28NO2P. The van der Waals surface area contributed by atoms with Crippen molar-refractivity contribution >= 4 is 7.05 Å². The lowest BCUT2D eigenvalue weighted by atomic mass is 10.9. The first-order valence-corrected chi connectivity index (χ1v) is 6.86. The number of rotatable bonds is 6. The molecule has 0 aromatic rings. The minimum atomic E-state index is -1.30. The molecule has 0 atom stereocenters. The molecule has 0 amide bonds. The summed E-state index contributed by atoms with van der Waals surface area (Å²) in [6, 6.07) is 0. The van der Waals surface area contributed by atoms with Crippen molar-refractivity contribution in [2.45, 2.75) is 28.7 Å². The normalized spacial score (nSPS) is 10.0. The third-order valence-electron chi connectivity index (χ3n) is 1.63. The summed E-state index contributed by atoms with van der Waals surface area (Å²) >= 11 is 0. The summed E-state index contributed by atoms with van der Waals surface area (Å²) in [7, 11) is 0.550. The first kappa shape index (κ1) is 19.7. The Hall–Kier alpha value is 0.150. The lowest BCUT2D eigenvalue weighted by molar-refractivity contribution is 0.176. The summed E-state index contributed by atoms with van der Waals surface area (Å²) < 4.78 is 15.1. The van der Waals surface area contributed by atoms with Gasteiger partial charge in [-0.1, -0.05) is 14.9 Å². The standard InChI is InChI=1S/C8H20NO2P.2CH4/c1-5-10-7-12(4,9-3)8-11-6-2;;/h5-8H2,1-4H3;2*1H4. The van der Waals surface area contributed by atoms with Crippen LogP contribution in [-0.2, 0) is 9.47 Å². The van der Waals surface area contributed by atoms with Crippen molar-refractivity contribution in [2.24, 2.45) is 4.74 Å². The molecule has 90 valence electrons. The zero-order valence-corrected chi connectivity index (χ0v) is 9.43. The van der Waals surface area contributed by atoms with Crippen LogP contribution in [0.5, 0.6) is 0 Å². The van der Waals surface area contributed by atoms with Crippen LogP contribution in [0.25, 0.3) is 0 Å². The van der Waals surface area contributed by atoms with E-state index in [-0.39, 0.29) is 14.9 Å². The van der Waals surface area contributed by atoms with Crippen LogP contribution in [0.3, 0.4) is 0 Å². The molecule has 0 unspecified atom stereocenters. The molecule has 3 nitrogen and oxygen atoms in total. The third kappa shape index (κ3) is 8.74. The summed E-state index contributed by atoms with van der Waals surface area (Å²) in [5.74, 6) is 0. The first-order chi connectivity index (χ1) is 5.68. The van der Waals surface area contributed by atoms with Gasteiger partial charge in [0.05, 0.1) is 12.7 Å². The highest BCUT2D eigenvalue weighted by Gasteiger charge is 2.11. The summed E-state index contributed by atoms with van der Waals surface area (Å²) in [5, 5.41) is 0. The van der Waals surface area contributed by atoms with E-state index in [4.69, 9.17) is 9.47 Å². The van der Waals surface area contributed by atoms with Gasteiger partial charge in [0, 0.05) is 27.3 Å². The van der Waals surface area contributed by atoms with E-state index in [2.05, 4.69) is 11.4 Å². The Morgan fingerprint density at radius 2 is 1.36 bits per heavy atom. The minimum Gasteiger partial charge on any atom is -0.376 e. The monoisotopic (exact) mass is 225 g/mol. The van der Waals surface area contributed by atoms with Crippen LogP contribution in [-0.4, -0.2) is 39.6 Å². The van der Waals surface area contributed by atoms with Crippen LogP contribution < -0.4 is 0 Å². The molecule has 0 spiro atoms. The Morgan fingerprint density at radius 1 is 1.00 bits per heavy atom. The van der Waals surface area contributed by atoms with Crippen molar-refractivity contribution in [3.05, 3.63) is 0 Å². The smallest absolute Gasteiger partial charge is 0.0830 e. The molecule has 0 aliphatic carbocycles. The molecule has 0 fully saturated rings. The molecule has 14 heavy (non-hydrogen) atoms. The molecule has 0 saturated heterocycles. The van der Waals surface area contributed by atoms with Gasteiger partial charge in [-0.3, -0.25) is 0 Å². The fraction of sp³-hybridized carbons (Fsp3) is 1.00. The van der Waals surface area contributed by atoms with Crippen LogP contribution >= 0.6 is 7.05 Å². The van der Waals surface area contributed by atoms with Gasteiger partial charge in [-0.2, -0.15) is 0 Å². The maximum atomic E-state index is 5.36. The average molecular weight is 225 g/mol. The van der Waals surface area contributed by atoms with Crippen molar-refractivity contribution in [1.82, 2.24) is 0 Å². The minimum absolute atomic E-state index is 0. The fourth-order valence-corrected chi connectivity index (χ4v) is 2.19. The third-order valence-corrected chi connectivity index (χ3v) is 4.07. The molecule has 0 aliphatic rings. The lowest BCUT2D eigenvalue weighted by Crippen LogP contribution is -2.02. The second kappa shape index (κ2) is 11.2. The number of hydrogen-bond acceptors (Lipinski definition) is 3. The molecule has 0 aromatic carbocycles. The lowest BCUT2D eigenvalue weighted by Gasteiger charge is -2.18. The molecule has 0 aromatic heterocycles. The number of nitrogens with zero attached hydrogens (tertiary/aromatic N) is 1. The van der Waals surface area contributed by atoms with Gasteiger partial charge in [0.25, 0.3) is 0 Å². The van der Waals surface area contributed by atoms with E-state index in [0.29, 0.717) is 0 Å². The number of ether oxygens (including phenoxy) is 2. The van der Waals surface area contributed by atoms with E-state index >= 15 is 0 Å². The van der Waals surface area contributed by atoms with E-state index in [1.165, 1.54) is 0 Å². The van der Waals surface area contributed by atoms with Gasteiger partial charge in [-0.15, -0.1) is 0 Å². The van der Waals surface area contributed by atoms with Crippen molar-refractivity contribution in [1.29, 1.82) is 0 Å². The van der Waals surface area contributed by atoms with E-state index < -0.39 is 7.05 Å². The SMILES string of the molecule is C.C.CCOCP(C)(COCC)=NC. The van der Waals surface area contributed by atoms with Gasteiger partial charge in [-0.25, -0.2) is 0 Å². The second-order valence-corrected chi connectivity index (χ2v) is 6.38. The summed E-state index contributed by atoms with van der Waals surface area (Å²) in [6.07, 6.45) is 1.50. The van der Waals surface area contributed by atoms with Gasteiger partial charge in [0.2, 0.25) is 0 Å². The first-order valence-electron chi connectivity index (χ1n) is 4.30. The number of hydrogen-bond donors (Lipinski definition) is 0. The zero-order chi connectivity index (χ0) is 9.45. The largest absolute Gasteiger partial charge is 0.376 e. The van der Waals surface area contributed by atoms with Crippen LogP contribution in [0.2, 0.25) is 0 Å². The molecule has 0 heterocycles. The molecule has 0 N–H and O–H groups in total. The Kier molecular flexibility index (Phi) is 15.8. The maximum Gasteiger partial charge on any atom is 0.0830 e. The average Bonchev–Trinajstić information content (AvgIpc) is 2.11. The van der Waals surface area contributed by atoms with Crippen molar-refractivity contribution in [3.8, 4) is 0 Å². The van der Waals surface area contributed by atoms with Crippen LogP contribution in [0, 0.1) is 0 Å². The molecule has 0 saturated carbocycles. The molecule has 0 bridgehead atoms. The molecule has 0 rings (SSSR count). The highest BCUT2D eigenvalue weighted by atomic mass is 31.2. The molecule has 0 aliphatic heterocycles. The molecule has 0 radical (unpaired) electrons. The van der Waals surface area contributed by atoms with Crippen LogP contribution in [0.15, 0.2) is 4.74 Å². The van der Waals surface area contributed by atoms with E-state index in [1.807, 2.05) is 20.9 Å². The summed E-state index contributed by atoms with van der Waals surface area (Å²) in [4.78, 5) is 0. The predicted octanol–water partition coefficient (Wildman–Crippen LogP) is 3.71. The van der Waals surface area contributed by atoms with E-state index in [0.717, 1.165) is 25.9 Å². The quantitative estimate of drug-likeness (QED) is 0.645. The van der Waals surface area contributed by atoms with E-state index in [9.17, 15) is 0 Å². The van der Waals surface area contributed by atoms with Crippen LogP contribution in [0.1, 0.15) is 28.7 Å². The Balaban J connectivity index is -0.000000605. The Labute approximate surface area is 90.3 Å². The van der Waals surface area contributed by atoms with E-state index in [1.54, 1.807) is 0 Å². The predicted molar refractivity (Wildman–Crippen MR) is 67.6 cm³/mol. The highest BCUT2D eigenvalue weighted by molar-refractivity contribution is 7.65. The van der Waals surface area contributed by atoms with Gasteiger partial charge in [-0.05, 0) is 20.5 Å². The van der Waals surface area contributed by atoms with Gasteiger partial charge in [0.1, 0.15) is 0 Å². The van der Waals surface area contributed by atoms with Gasteiger partial charge >= 0.3 is 0 Å². The maximum absolute atomic E-state index is 5.36. The van der Waals surface area contributed by atoms with Crippen molar-refractivity contribution in [3.63, 3.8) is 0 Å². The summed E-state index contributed by atoms with van der Waals surface area (Å²) in [6.45, 7) is 7.67. The molecular weight excluding hydrogens is 197 g/mol. The van der Waals surface area contributed by atoms with Gasteiger partial charge < -0.3 is 14.2 Å². The second-order valence-electron chi connectivity index (χ2n) is 2.78. The van der Waals surface area contributed by atoms with Gasteiger partial charge in [0.15, 0.2) is 0 Å². The highest BCUT2D eigenvalue weighted by Crippen LogP contribution is 2.44. The zero-order valence-electron chi connectivity index (χ0n) is 8.54. The topological polar surface area (TPSA) is 30.8 Å². The fourth-order valence-electron chi connectivity index (χ4n) is 0.729. The Morgan fingerprint density at radius 3 is 1.57 bits per heavy atom. The van der Waals surface area contributed by atoms with Crippen LogP contribution in [0.4, 0.5) is 0 Å². The summed E-state index contributed by atoms with van der Waals surface area (Å²) in [5.41, 5.74) is 0. The molecule has 4 heteroatoms. The van der Waals surface area contributed by atoms with Crippen molar-refractivity contribution in [2.75, 3.05) is 39.6 Å².